The third-order valence-corrected chi connectivity index (χ3v) is 4.58. The van der Waals surface area contributed by atoms with Crippen LogP contribution in [0.25, 0.3) is 0 Å². The van der Waals surface area contributed by atoms with E-state index in [1.807, 2.05) is 0 Å². The van der Waals surface area contributed by atoms with Crippen LogP contribution >= 0.6 is 7.60 Å². The monoisotopic (exact) mass is 305 g/mol. The molecule has 0 spiro atoms. The van der Waals surface area contributed by atoms with E-state index in [4.69, 9.17) is 0 Å². The van der Waals surface area contributed by atoms with Crippen molar-refractivity contribution in [2.45, 2.75) is 11.5 Å². The molecule has 0 bridgehead atoms. The Morgan fingerprint density at radius 1 is 1.25 bits per heavy atom. The number of quaternary nitrogens is 1. The molecule has 3 N–H and O–H groups in total. The number of rotatable bonds is 5. The van der Waals surface area contributed by atoms with Crippen LogP contribution in [-0.2, 0) is 10.3 Å². The molecule has 1 aromatic rings. The minimum atomic E-state index is -4.96. The van der Waals surface area contributed by atoms with E-state index in [-0.39, 0.29) is 5.56 Å². The van der Waals surface area contributed by atoms with Gasteiger partial charge in [-0.15, -0.1) is 0 Å². The highest BCUT2D eigenvalue weighted by molar-refractivity contribution is 7.52. The first-order chi connectivity index (χ1) is 8.91. The van der Waals surface area contributed by atoms with Gasteiger partial charge in [0.1, 0.15) is 0 Å². The zero-order valence-electron chi connectivity index (χ0n) is 11.4. The highest BCUT2D eigenvalue weighted by Crippen LogP contribution is 2.52. The van der Waals surface area contributed by atoms with Gasteiger partial charge in [0.15, 0.2) is 0 Å². The van der Waals surface area contributed by atoms with Crippen LogP contribution in [0.1, 0.15) is 5.56 Å². The molecule has 0 saturated carbocycles. The normalized spacial score (nSPS) is 17.3. The van der Waals surface area contributed by atoms with Crippen molar-refractivity contribution in [2.75, 3.05) is 21.1 Å². The fourth-order valence-corrected chi connectivity index (χ4v) is 3.87. The average molecular weight is 305 g/mol. The maximum atomic E-state index is 11.7. The Hall–Kier alpha value is -1.31. The summed E-state index contributed by atoms with van der Waals surface area (Å²) in [7, 11) is -0.829. The van der Waals surface area contributed by atoms with Crippen LogP contribution in [0.4, 0.5) is 0 Å². The quantitative estimate of drug-likeness (QED) is 0.237. The first-order valence-electron chi connectivity index (χ1n) is 5.70. The van der Waals surface area contributed by atoms with Gasteiger partial charge < -0.3 is 19.4 Å². The van der Waals surface area contributed by atoms with Gasteiger partial charge in [0, 0.05) is 0 Å². The summed E-state index contributed by atoms with van der Waals surface area (Å²) in [5.74, 6) is -1.94. The summed E-state index contributed by atoms with van der Waals surface area (Å²) in [4.78, 5) is 29.3. The molecule has 2 unspecified atom stereocenters. The number of benzene rings is 1. The molecule has 0 saturated heterocycles. The molecule has 0 aliphatic heterocycles. The van der Waals surface area contributed by atoms with Crippen molar-refractivity contribution >= 4 is 7.60 Å². The number of likely N-dealkylation sites (N-methyl/N-ethyl adjacent to an activating group) is 1. The van der Waals surface area contributed by atoms with Crippen LogP contribution < -0.4 is 0 Å². The molecule has 1 aromatic carbocycles. The second-order valence-corrected chi connectivity index (χ2v) is 7.10. The van der Waals surface area contributed by atoms with E-state index in [1.54, 1.807) is 6.07 Å². The van der Waals surface area contributed by atoms with Crippen molar-refractivity contribution in [3.63, 3.8) is 0 Å². The summed E-state index contributed by atoms with van der Waals surface area (Å²) in [5, 5.41) is 21.8. The minimum Gasteiger partial charge on any atom is -0.321 e. The van der Waals surface area contributed by atoms with Crippen molar-refractivity contribution < 1.29 is 28.9 Å². The number of hydrogen-bond acceptors (Lipinski definition) is 4. The summed E-state index contributed by atoms with van der Waals surface area (Å²) in [6, 6.07) is 7.02. The molecule has 0 aliphatic rings. The van der Waals surface area contributed by atoms with Crippen molar-refractivity contribution in [3.8, 4) is 0 Å². The minimum absolute atomic E-state index is 0.175. The fourth-order valence-electron chi connectivity index (χ4n) is 2.26. The molecule has 1 rings (SSSR count). The zero-order valence-corrected chi connectivity index (χ0v) is 12.3. The van der Waals surface area contributed by atoms with Crippen LogP contribution in [-0.4, -0.2) is 51.2 Å². The molecule has 0 amide bonds. The summed E-state index contributed by atoms with van der Waals surface area (Å²) in [6.45, 7) is 0. The largest absolute Gasteiger partial charge is 0.412 e. The lowest BCUT2D eigenvalue weighted by molar-refractivity contribution is -0.913. The van der Waals surface area contributed by atoms with E-state index in [1.165, 1.54) is 45.4 Å². The predicted octanol–water partition coefficient (Wildman–Crippen LogP) is 0.318. The van der Waals surface area contributed by atoms with E-state index >= 15 is 0 Å². The van der Waals surface area contributed by atoms with E-state index in [9.17, 15) is 29.6 Å². The lowest BCUT2D eigenvalue weighted by atomic mass is 10.0. The van der Waals surface area contributed by atoms with Gasteiger partial charge in [-0.2, -0.15) is 0 Å². The van der Waals surface area contributed by atoms with Gasteiger partial charge in [-0.1, -0.05) is 18.2 Å². The Morgan fingerprint density at radius 2 is 1.70 bits per heavy atom. The van der Waals surface area contributed by atoms with Gasteiger partial charge in [-0.05, 0) is 12.1 Å². The highest BCUT2D eigenvalue weighted by atomic mass is 31.2. The molecular formula is C11H18N2O6P+. The van der Waals surface area contributed by atoms with Crippen molar-refractivity contribution in [1.82, 2.24) is 0 Å². The SMILES string of the molecule is C[N+](C)(C)C(C(O)(c1ccccc1)[N+](=O)[O-])P(=O)(O)O. The standard InChI is InChI=1S/C11H17N2O6P/c1-13(2,3)10(20(17,18)19)11(14,12(15)16)9-7-5-4-6-8-9/h4-8,10,14H,1-3H3,(H-,17,18,19)/p+1. The van der Waals surface area contributed by atoms with Gasteiger partial charge >= 0.3 is 13.3 Å². The highest BCUT2D eigenvalue weighted by Gasteiger charge is 2.66. The molecule has 9 heteroatoms. The zero-order chi connectivity index (χ0) is 15.8. The van der Waals surface area contributed by atoms with E-state index < -0.39 is 28.5 Å². The number of nitro groups is 1. The lowest BCUT2D eigenvalue weighted by Gasteiger charge is -2.38. The molecule has 0 heterocycles. The molecule has 20 heavy (non-hydrogen) atoms. The maximum absolute atomic E-state index is 11.7. The Morgan fingerprint density at radius 3 is 2.00 bits per heavy atom. The summed E-state index contributed by atoms with van der Waals surface area (Å²) >= 11 is 0. The summed E-state index contributed by atoms with van der Waals surface area (Å²) in [5.41, 5.74) is -3.06. The Kier molecular flexibility index (Phi) is 4.38. The molecular weight excluding hydrogens is 287 g/mol. The fraction of sp³-hybridized carbons (Fsp3) is 0.455. The Labute approximate surface area is 116 Å². The van der Waals surface area contributed by atoms with Crippen molar-refractivity contribution in [3.05, 3.63) is 46.0 Å². The van der Waals surface area contributed by atoms with Gasteiger partial charge in [-0.25, -0.2) is 0 Å². The molecule has 2 atom stereocenters. The van der Waals surface area contributed by atoms with E-state index in [0.29, 0.717) is 0 Å². The van der Waals surface area contributed by atoms with E-state index in [0.717, 1.165) is 0 Å². The number of nitrogens with zero attached hydrogens (tertiary/aromatic N) is 2. The number of hydrogen-bond donors (Lipinski definition) is 3. The summed E-state index contributed by atoms with van der Waals surface area (Å²) in [6.07, 6.45) is 0. The smallest absolute Gasteiger partial charge is 0.321 e. The van der Waals surface area contributed by atoms with Crippen LogP contribution in [0, 0.1) is 10.1 Å². The third-order valence-electron chi connectivity index (χ3n) is 2.89. The van der Waals surface area contributed by atoms with Gasteiger partial charge in [0.05, 0.1) is 31.6 Å². The molecule has 112 valence electrons. The number of aliphatic hydroxyl groups is 1. The lowest BCUT2D eigenvalue weighted by Crippen LogP contribution is -2.60. The maximum Gasteiger partial charge on any atom is 0.412 e. The van der Waals surface area contributed by atoms with Gasteiger partial charge in [-0.3, -0.25) is 14.7 Å². The Bertz CT molecular complexity index is 538. The summed E-state index contributed by atoms with van der Waals surface area (Å²) < 4.78 is 11.2. The van der Waals surface area contributed by atoms with Crippen LogP contribution in [0.2, 0.25) is 0 Å². The van der Waals surface area contributed by atoms with Gasteiger partial charge in [0.2, 0.25) is 0 Å². The van der Waals surface area contributed by atoms with Crippen molar-refractivity contribution in [2.24, 2.45) is 0 Å². The van der Waals surface area contributed by atoms with E-state index in [2.05, 4.69) is 0 Å². The van der Waals surface area contributed by atoms with Crippen LogP contribution in [0.3, 0.4) is 0 Å². The topological polar surface area (TPSA) is 121 Å². The molecule has 0 fully saturated rings. The second-order valence-electron chi connectivity index (χ2n) is 5.43. The van der Waals surface area contributed by atoms with Crippen molar-refractivity contribution in [1.29, 1.82) is 0 Å². The average Bonchev–Trinajstić information content (AvgIpc) is 2.25. The molecule has 8 nitrogen and oxygen atoms in total. The predicted molar refractivity (Wildman–Crippen MR) is 71.2 cm³/mol. The van der Waals surface area contributed by atoms with Crippen LogP contribution in [0.15, 0.2) is 30.3 Å². The van der Waals surface area contributed by atoms with Gasteiger partial charge in [0.25, 0.3) is 5.78 Å². The molecule has 0 aromatic heterocycles. The first-order valence-corrected chi connectivity index (χ1v) is 7.38. The van der Waals surface area contributed by atoms with Crippen LogP contribution in [0.5, 0.6) is 0 Å². The second kappa shape index (κ2) is 5.23. The molecule has 0 aliphatic carbocycles. The molecule has 0 radical (unpaired) electrons. The Balaban J connectivity index is 3.61. The first kappa shape index (κ1) is 16.7. The third kappa shape index (κ3) is 3.05.